The number of nitrogens with zero attached hydrogens (tertiary/aromatic N) is 1. The van der Waals surface area contributed by atoms with Crippen molar-refractivity contribution >= 4 is 33.2 Å². The SMILES string of the molecule is O=C1COc2ccc(NCc3cccc(Br)n3)cc2N1. The molecule has 1 aromatic heterocycles. The maximum Gasteiger partial charge on any atom is 0.262 e. The van der Waals surface area contributed by atoms with Crippen molar-refractivity contribution in [1.29, 1.82) is 0 Å². The molecule has 3 rings (SSSR count). The summed E-state index contributed by atoms with van der Waals surface area (Å²) in [5, 5.41) is 6.04. The highest BCUT2D eigenvalue weighted by Crippen LogP contribution is 2.30. The molecule has 0 radical (unpaired) electrons. The number of carbonyl (C=O) groups excluding carboxylic acids is 1. The summed E-state index contributed by atoms with van der Waals surface area (Å²) >= 11 is 3.34. The third kappa shape index (κ3) is 2.91. The number of fused-ring (bicyclic) bond motifs is 1. The summed E-state index contributed by atoms with van der Waals surface area (Å²) in [5.74, 6) is 0.555. The number of nitrogens with one attached hydrogen (secondary N) is 2. The normalized spacial score (nSPS) is 13.2. The lowest BCUT2D eigenvalue weighted by Crippen LogP contribution is -2.25. The number of rotatable bonds is 3. The van der Waals surface area contributed by atoms with Gasteiger partial charge in [0.05, 0.1) is 17.9 Å². The molecule has 0 bridgehead atoms. The van der Waals surface area contributed by atoms with Crippen LogP contribution in [0.4, 0.5) is 11.4 Å². The van der Waals surface area contributed by atoms with Gasteiger partial charge in [-0.05, 0) is 46.3 Å². The first-order chi connectivity index (χ1) is 9.70. The van der Waals surface area contributed by atoms with Crippen molar-refractivity contribution in [2.75, 3.05) is 17.2 Å². The Morgan fingerprint density at radius 2 is 2.25 bits per heavy atom. The Bertz CT molecular complexity index is 661. The first-order valence-electron chi connectivity index (χ1n) is 6.13. The van der Waals surface area contributed by atoms with E-state index in [1.807, 2.05) is 36.4 Å². The van der Waals surface area contributed by atoms with Crippen molar-refractivity contribution in [3.63, 3.8) is 0 Å². The standard InChI is InChI=1S/C14H12BrN3O2/c15-13-3-1-2-10(17-13)7-16-9-4-5-12-11(6-9)18-14(19)8-20-12/h1-6,16H,7-8H2,(H,18,19). The summed E-state index contributed by atoms with van der Waals surface area (Å²) in [6.45, 7) is 0.675. The highest BCUT2D eigenvalue weighted by molar-refractivity contribution is 9.10. The summed E-state index contributed by atoms with van der Waals surface area (Å²) in [6.07, 6.45) is 0. The highest BCUT2D eigenvalue weighted by atomic mass is 79.9. The van der Waals surface area contributed by atoms with E-state index in [1.54, 1.807) is 0 Å². The average Bonchev–Trinajstić information content (AvgIpc) is 2.45. The van der Waals surface area contributed by atoms with Crippen LogP contribution in [-0.4, -0.2) is 17.5 Å². The van der Waals surface area contributed by atoms with Crippen molar-refractivity contribution in [2.24, 2.45) is 0 Å². The molecule has 1 aliphatic heterocycles. The second-order valence-corrected chi connectivity index (χ2v) is 5.17. The molecule has 2 heterocycles. The molecule has 0 saturated heterocycles. The molecule has 0 saturated carbocycles. The predicted molar refractivity (Wildman–Crippen MR) is 79.8 cm³/mol. The Kier molecular flexibility index (Phi) is 3.56. The number of amides is 1. The summed E-state index contributed by atoms with van der Waals surface area (Å²) < 4.78 is 6.12. The fourth-order valence-corrected chi connectivity index (χ4v) is 2.31. The minimum absolute atomic E-state index is 0.0712. The zero-order valence-electron chi connectivity index (χ0n) is 10.5. The molecular formula is C14H12BrN3O2. The number of anilines is 2. The van der Waals surface area contributed by atoms with Crippen molar-refractivity contribution in [2.45, 2.75) is 6.54 Å². The summed E-state index contributed by atoms with van der Waals surface area (Å²) in [6, 6.07) is 11.4. The quantitative estimate of drug-likeness (QED) is 0.848. The van der Waals surface area contributed by atoms with Gasteiger partial charge in [0.1, 0.15) is 10.4 Å². The van der Waals surface area contributed by atoms with Crippen LogP contribution in [0.2, 0.25) is 0 Å². The number of carbonyl (C=O) groups is 1. The number of ether oxygens (including phenoxy) is 1. The zero-order chi connectivity index (χ0) is 13.9. The third-order valence-corrected chi connectivity index (χ3v) is 3.30. The number of hydrogen-bond donors (Lipinski definition) is 2. The van der Waals surface area contributed by atoms with Gasteiger partial charge in [-0.2, -0.15) is 0 Å². The molecule has 0 unspecified atom stereocenters. The van der Waals surface area contributed by atoms with Gasteiger partial charge in [-0.15, -0.1) is 0 Å². The Labute approximate surface area is 124 Å². The number of halogens is 1. The minimum atomic E-state index is -0.136. The topological polar surface area (TPSA) is 63.2 Å². The van der Waals surface area contributed by atoms with E-state index >= 15 is 0 Å². The molecule has 0 aliphatic carbocycles. The van der Waals surface area contributed by atoms with E-state index in [9.17, 15) is 4.79 Å². The van der Waals surface area contributed by atoms with E-state index in [1.165, 1.54) is 0 Å². The molecule has 1 aliphatic rings. The second-order valence-electron chi connectivity index (χ2n) is 4.35. The van der Waals surface area contributed by atoms with Gasteiger partial charge in [-0.25, -0.2) is 4.98 Å². The lowest BCUT2D eigenvalue weighted by atomic mass is 10.2. The summed E-state index contributed by atoms with van der Waals surface area (Å²) in [7, 11) is 0. The number of benzene rings is 1. The van der Waals surface area contributed by atoms with Crippen LogP contribution in [0, 0.1) is 0 Å². The Morgan fingerprint density at radius 1 is 1.35 bits per heavy atom. The van der Waals surface area contributed by atoms with Crippen LogP contribution >= 0.6 is 15.9 Å². The van der Waals surface area contributed by atoms with Gasteiger partial charge in [0, 0.05) is 5.69 Å². The lowest BCUT2D eigenvalue weighted by molar-refractivity contribution is -0.118. The average molecular weight is 334 g/mol. The van der Waals surface area contributed by atoms with Gasteiger partial charge in [0.2, 0.25) is 0 Å². The molecular weight excluding hydrogens is 322 g/mol. The fraction of sp³-hybridized carbons (Fsp3) is 0.143. The van der Waals surface area contributed by atoms with Crippen LogP contribution in [0.5, 0.6) is 5.75 Å². The third-order valence-electron chi connectivity index (χ3n) is 2.86. The molecule has 2 N–H and O–H groups in total. The smallest absolute Gasteiger partial charge is 0.262 e. The number of pyridine rings is 1. The number of aromatic nitrogens is 1. The van der Waals surface area contributed by atoms with Crippen molar-refractivity contribution in [3.8, 4) is 5.75 Å². The van der Waals surface area contributed by atoms with E-state index < -0.39 is 0 Å². The van der Waals surface area contributed by atoms with E-state index in [0.29, 0.717) is 18.0 Å². The van der Waals surface area contributed by atoms with Gasteiger partial charge in [-0.1, -0.05) is 6.07 Å². The first-order valence-corrected chi connectivity index (χ1v) is 6.92. The fourth-order valence-electron chi connectivity index (χ4n) is 1.93. The van der Waals surface area contributed by atoms with Crippen LogP contribution in [0.3, 0.4) is 0 Å². The van der Waals surface area contributed by atoms with E-state index in [2.05, 4.69) is 31.5 Å². The van der Waals surface area contributed by atoms with Crippen LogP contribution in [-0.2, 0) is 11.3 Å². The molecule has 102 valence electrons. The van der Waals surface area contributed by atoms with E-state index in [4.69, 9.17) is 4.74 Å². The van der Waals surface area contributed by atoms with Crippen LogP contribution < -0.4 is 15.4 Å². The van der Waals surface area contributed by atoms with E-state index in [-0.39, 0.29) is 12.5 Å². The van der Waals surface area contributed by atoms with Crippen LogP contribution in [0.25, 0.3) is 0 Å². The van der Waals surface area contributed by atoms with Gasteiger partial charge in [0.15, 0.2) is 6.61 Å². The molecule has 0 atom stereocenters. The lowest BCUT2D eigenvalue weighted by Gasteiger charge is -2.18. The Balaban J connectivity index is 1.72. The second kappa shape index (κ2) is 5.50. The van der Waals surface area contributed by atoms with Crippen LogP contribution in [0.15, 0.2) is 41.0 Å². The maximum atomic E-state index is 11.3. The van der Waals surface area contributed by atoms with Gasteiger partial charge in [0.25, 0.3) is 5.91 Å². The summed E-state index contributed by atoms with van der Waals surface area (Å²) in [4.78, 5) is 15.6. The Morgan fingerprint density at radius 3 is 3.10 bits per heavy atom. The Hall–Kier alpha value is -2.08. The van der Waals surface area contributed by atoms with Gasteiger partial charge >= 0.3 is 0 Å². The highest BCUT2D eigenvalue weighted by Gasteiger charge is 2.15. The summed E-state index contributed by atoms with van der Waals surface area (Å²) in [5.41, 5.74) is 2.52. The largest absolute Gasteiger partial charge is 0.482 e. The van der Waals surface area contributed by atoms with E-state index in [0.717, 1.165) is 16.0 Å². The van der Waals surface area contributed by atoms with Crippen molar-refractivity contribution in [1.82, 2.24) is 4.98 Å². The zero-order valence-corrected chi connectivity index (χ0v) is 12.1. The molecule has 0 fully saturated rings. The van der Waals surface area contributed by atoms with Gasteiger partial charge < -0.3 is 15.4 Å². The van der Waals surface area contributed by atoms with Crippen molar-refractivity contribution < 1.29 is 9.53 Å². The van der Waals surface area contributed by atoms with Gasteiger partial charge in [-0.3, -0.25) is 4.79 Å². The molecule has 20 heavy (non-hydrogen) atoms. The minimum Gasteiger partial charge on any atom is -0.482 e. The monoisotopic (exact) mass is 333 g/mol. The maximum absolute atomic E-state index is 11.3. The predicted octanol–water partition coefficient (Wildman–Crippen LogP) is 2.79. The molecule has 5 nitrogen and oxygen atoms in total. The molecule has 1 amide bonds. The molecule has 1 aromatic carbocycles. The first kappa shape index (κ1) is 12.9. The van der Waals surface area contributed by atoms with Crippen LogP contribution in [0.1, 0.15) is 5.69 Å². The number of hydrogen-bond acceptors (Lipinski definition) is 4. The van der Waals surface area contributed by atoms with Crippen molar-refractivity contribution in [3.05, 3.63) is 46.7 Å². The molecule has 0 spiro atoms. The molecule has 2 aromatic rings. The molecule has 6 heteroatoms.